The third kappa shape index (κ3) is 3.54. The fourth-order valence-electron chi connectivity index (χ4n) is 1.71. The van der Waals surface area contributed by atoms with Crippen LogP contribution >= 0.6 is 0 Å². The molecule has 0 spiro atoms. The molecular weight excluding hydrogens is 192 g/mol. The van der Waals surface area contributed by atoms with E-state index in [9.17, 15) is 0 Å². The number of hydrogen-bond donors (Lipinski definition) is 0. The van der Waals surface area contributed by atoms with Crippen LogP contribution in [0.15, 0.2) is 54.1 Å². The molecule has 0 atom stereocenters. The van der Waals surface area contributed by atoms with Crippen molar-refractivity contribution in [2.24, 2.45) is 0 Å². The van der Waals surface area contributed by atoms with E-state index in [2.05, 4.69) is 69.3 Å². The molecule has 1 rings (SSSR count). The average Bonchev–Trinajstić information content (AvgIpc) is 2.26. The zero-order valence-electron chi connectivity index (χ0n) is 10.6. The van der Waals surface area contributed by atoms with Gasteiger partial charge in [-0.1, -0.05) is 59.7 Å². The maximum atomic E-state index is 2.22. The second kappa shape index (κ2) is 6.12. The van der Waals surface area contributed by atoms with Gasteiger partial charge in [0.2, 0.25) is 0 Å². The Labute approximate surface area is 99.0 Å². The molecule has 0 aromatic heterocycles. The van der Waals surface area contributed by atoms with E-state index in [-0.39, 0.29) is 0 Å². The van der Waals surface area contributed by atoms with Gasteiger partial charge in [-0.3, -0.25) is 0 Å². The summed E-state index contributed by atoms with van der Waals surface area (Å²) in [5.41, 5.74) is 5.14. The summed E-state index contributed by atoms with van der Waals surface area (Å²) in [4.78, 5) is 0. The van der Waals surface area contributed by atoms with Crippen molar-refractivity contribution >= 4 is 5.57 Å². The molecule has 0 nitrogen and oxygen atoms in total. The van der Waals surface area contributed by atoms with E-state index in [1.165, 1.54) is 22.3 Å². The summed E-state index contributed by atoms with van der Waals surface area (Å²) < 4.78 is 0. The zero-order valence-corrected chi connectivity index (χ0v) is 10.6. The van der Waals surface area contributed by atoms with Gasteiger partial charge in [0.05, 0.1) is 0 Å². The predicted octanol–water partition coefficient (Wildman–Crippen LogP) is 4.92. The number of hydrogen-bond acceptors (Lipinski definition) is 0. The van der Waals surface area contributed by atoms with Gasteiger partial charge in [0.1, 0.15) is 0 Å². The van der Waals surface area contributed by atoms with Crippen molar-refractivity contribution in [3.05, 3.63) is 65.3 Å². The van der Waals surface area contributed by atoms with Gasteiger partial charge in [-0.15, -0.1) is 0 Å². The van der Waals surface area contributed by atoms with Crippen LogP contribution in [0.4, 0.5) is 0 Å². The highest BCUT2D eigenvalue weighted by Crippen LogP contribution is 2.19. The van der Waals surface area contributed by atoms with Crippen LogP contribution in [0.1, 0.15) is 31.9 Å². The topological polar surface area (TPSA) is 0 Å². The summed E-state index contributed by atoms with van der Waals surface area (Å²) >= 11 is 0. The predicted molar refractivity (Wildman–Crippen MR) is 73.4 cm³/mol. The van der Waals surface area contributed by atoms with Crippen molar-refractivity contribution in [3.63, 3.8) is 0 Å². The van der Waals surface area contributed by atoms with Crippen LogP contribution in [-0.4, -0.2) is 0 Å². The molecule has 16 heavy (non-hydrogen) atoms. The van der Waals surface area contributed by atoms with Gasteiger partial charge >= 0.3 is 0 Å². The Morgan fingerprint density at radius 1 is 1.19 bits per heavy atom. The van der Waals surface area contributed by atoms with Gasteiger partial charge in [-0.25, -0.2) is 0 Å². The zero-order chi connectivity index (χ0) is 12.0. The van der Waals surface area contributed by atoms with E-state index in [1.54, 1.807) is 0 Å². The largest absolute Gasteiger partial charge is 0.0874 e. The molecule has 0 heterocycles. The lowest BCUT2D eigenvalue weighted by molar-refractivity contribution is 1.43. The standard InChI is InChI=1S/C16H20/c1-5-8-13(3)11-15(6-2)16-10-7-9-14(4)12-16/h5-12H,1-4H3/b8-5-,13-11-,15-6+. The van der Waals surface area contributed by atoms with Crippen LogP contribution in [0, 0.1) is 6.92 Å². The smallest absolute Gasteiger partial charge is 0.0185 e. The van der Waals surface area contributed by atoms with Crippen molar-refractivity contribution in [1.29, 1.82) is 0 Å². The third-order valence-corrected chi connectivity index (χ3v) is 2.48. The van der Waals surface area contributed by atoms with Gasteiger partial charge in [0.25, 0.3) is 0 Å². The van der Waals surface area contributed by atoms with Gasteiger partial charge in [0.15, 0.2) is 0 Å². The SMILES string of the molecule is C\C=C/C(C)=C\C(=C/C)c1cccc(C)c1. The van der Waals surface area contributed by atoms with E-state index < -0.39 is 0 Å². The van der Waals surface area contributed by atoms with Crippen molar-refractivity contribution in [2.75, 3.05) is 0 Å². The third-order valence-electron chi connectivity index (χ3n) is 2.48. The molecule has 0 N–H and O–H groups in total. The van der Waals surface area contributed by atoms with E-state index >= 15 is 0 Å². The van der Waals surface area contributed by atoms with E-state index in [0.717, 1.165) is 0 Å². The van der Waals surface area contributed by atoms with Gasteiger partial charge in [-0.2, -0.15) is 0 Å². The summed E-state index contributed by atoms with van der Waals surface area (Å²) in [5, 5.41) is 0. The molecule has 0 amide bonds. The van der Waals surface area contributed by atoms with E-state index in [0.29, 0.717) is 0 Å². The molecule has 0 bridgehead atoms. The lowest BCUT2D eigenvalue weighted by atomic mass is 10.0. The summed E-state index contributed by atoms with van der Waals surface area (Å²) in [6, 6.07) is 8.60. The molecule has 0 saturated heterocycles. The Kier molecular flexibility index (Phi) is 4.78. The molecule has 0 saturated carbocycles. The maximum Gasteiger partial charge on any atom is -0.0185 e. The van der Waals surface area contributed by atoms with Crippen LogP contribution < -0.4 is 0 Å². The molecule has 0 aliphatic rings. The van der Waals surface area contributed by atoms with Crippen LogP contribution in [0.25, 0.3) is 5.57 Å². The molecule has 0 heteroatoms. The lowest BCUT2D eigenvalue weighted by Gasteiger charge is -2.04. The second-order valence-electron chi connectivity index (χ2n) is 4.00. The van der Waals surface area contributed by atoms with Gasteiger partial charge < -0.3 is 0 Å². The van der Waals surface area contributed by atoms with E-state index in [1.807, 2.05) is 6.92 Å². The molecule has 1 aromatic carbocycles. The minimum absolute atomic E-state index is 1.28. The summed E-state index contributed by atoms with van der Waals surface area (Å²) in [5.74, 6) is 0. The minimum Gasteiger partial charge on any atom is -0.0874 e. The second-order valence-corrected chi connectivity index (χ2v) is 4.00. The Morgan fingerprint density at radius 3 is 2.50 bits per heavy atom. The molecule has 1 aromatic rings. The highest BCUT2D eigenvalue weighted by molar-refractivity contribution is 5.75. The first-order chi connectivity index (χ1) is 7.67. The molecule has 84 valence electrons. The van der Waals surface area contributed by atoms with Crippen molar-refractivity contribution < 1.29 is 0 Å². The summed E-state index contributed by atoms with van der Waals surface area (Å²) in [6.45, 7) is 8.37. The Morgan fingerprint density at radius 2 is 1.94 bits per heavy atom. The normalized spacial score (nSPS) is 13.5. The molecule has 0 fully saturated rings. The maximum absolute atomic E-state index is 2.22. The van der Waals surface area contributed by atoms with E-state index in [4.69, 9.17) is 0 Å². The van der Waals surface area contributed by atoms with Gasteiger partial charge in [0, 0.05) is 0 Å². The quantitative estimate of drug-likeness (QED) is 0.624. The number of allylic oxidation sites excluding steroid dienone is 6. The van der Waals surface area contributed by atoms with Crippen LogP contribution in [0.3, 0.4) is 0 Å². The number of benzene rings is 1. The minimum atomic E-state index is 1.28. The number of rotatable bonds is 3. The van der Waals surface area contributed by atoms with Crippen molar-refractivity contribution in [2.45, 2.75) is 27.7 Å². The molecule has 0 unspecified atom stereocenters. The summed E-state index contributed by atoms with van der Waals surface area (Å²) in [7, 11) is 0. The van der Waals surface area contributed by atoms with Crippen LogP contribution in [0.2, 0.25) is 0 Å². The van der Waals surface area contributed by atoms with Crippen LogP contribution in [-0.2, 0) is 0 Å². The Hall–Kier alpha value is -1.56. The Balaban J connectivity index is 3.05. The number of aryl methyl sites for hydroxylation is 1. The monoisotopic (exact) mass is 212 g/mol. The highest BCUT2D eigenvalue weighted by Gasteiger charge is 1.97. The summed E-state index contributed by atoms with van der Waals surface area (Å²) in [6.07, 6.45) is 8.56. The highest BCUT2D eigenvalue weighted by atomic mass is 14.0. The fourth-order valence-corrected chi connectivity index (χ4v) is 1.71. The molecule has 0 aliphatic heterocycles. The fraction of sp³-hybridized carbons (Fsp3) is 0.250. The molecule has 0 radical (unpaired) electrons. The first-order valence-corrected chi connectivity index (χ1v) is 5.71. The Bertz CT molecular complexity index is 431. The van der Waals surface area contributed by atoms with Crippen molar-refractivity contribution in [1.82, 2.24) is 0 Å². The first-order valence-electron chi connectivity index (χ1n) is 5.71. The van der Waals surface area contributed by atoms with Gasteiger partial charge in [-0.05, 0) is 38.8 Å². The lowest BCUT2D eigenvalue weighted by Crippen LogP contribution is -1.83. The average molecular weight is 212 g/mol. The molecule has 0 aliphatic carbocycles. The van der Waals surface area contributed by atoms with Crippen molar-refractivity contribution in [3.8, 4) is 0 Å². The first kappa shape index (κ1) is 12.5. The van der Waals surface area contributed by atoms with Crippen LogP contribution in [0.5, 0.6) is 0 Å². The molecular formula is C16H20.